The number of carbonyl (C=O) groups excluding carboxylic acids is 2. The zero-order valence-electron chi connectivity index (χ0n) is 10.5. The first-order valence-corrected chi connectivity index (χ1v) is 5.25. The van der Waals surface area contributed by atoms with Gasteiger partial charge < -0.3 is 10.4 Å². The van der Waals surface area contributed by atoms with Crippen LogP contribution in [0.4, 0.5) is 4.79 Å². The van der Waals surface area contributed by atoms with Gasteiger partial charge in [0.1, 0.15) is 5.54 Å². The monoisotopic (exact) mass is 245 g/mol. The zero-order valence-corrected chi connectivity index (χ0v) is 10.5. The topological polar surface area (TPSA) is 98.7 Å². The molecule has 0 bridgehead atoms. The first kappa shape index (κ1) is 15.4. The first-order valence-electron chi connectivity index (χ1n) is 5.25. The Morgan fingerprint density at radius 2 is 1.82 bits per heavy atom. The van der Waals surface area contributed by atoms with Crippen LogP contribution < -0.4 is 10.6 Å². The molecule has 3 N–H and O–H groups in total. The van der Waals surface area contributed by atoms with Crippen molar-refractivity contribution in [2.24, 2.45) is 0 Å². The van der Waals surface area contributed by atoms with E-state index in [4.69, 9.17) is 5.11 Å². The summed E-state index contributed by atoms with van der Waals surface area (Å²) < 4.78 is 0. The summed E-state index contributed by atoms with van der Waals surface area (Å²) in [6, 6.07) is -0.612. The molecule has 0 rings (SSSR count). The molecule has 0 saturated heterocycles. The Bertz CT molecular complexity index is 315. The number of imide groups is 1. The SMILES string of the molecule is CCN(CC(=O)NC(=O)NC)C(C)(C)C(=O)O. The van der Waals surface area contributed by atoms with Crippen molar-refractivity contribution in [1.29, 1.82) is 0 Å². The van der Waals surface area contributed by atoms with Gasteiger partial charge in [0.05, 0.1) is 6.54 Å². The third kappa shape index (κ3) is 4.39. The number of urea groups is 1. The fraction of sp³-hybridized carbons (Fsp3) is 0.700. The van der Waals surface area contributed by atoms with E-state index >= 15 is 0 Å². The highest BCUT2D eigenvalue weighted by Crippen LogP contribution is 2.13. The Balaban J connectivity index is 4.56. The maximum Gasteiger partial charge on any atom is 0.323 e. The number of likely N-dealkylation sites (N-methyl/N-ethyl adjacent to an activating group) is 1. The maximum absolute atomic E-state index is 11.4. The summed E-state index contributed by atoms with van der Waals surface area (Å²) in [5.74, 6) is -1.56. The lowest BCUT2D eigenvalue weighted by Gasteiger charge is -2.33. The van der Waals surface area contributed by atoms with Crippen LogP contribution in [0.5, 0.6) is 0 Å². The van der Waals surface area contributed by atoms with Crippen molar-refractivity contribution in [2.75, 3.05) is 20.1 Å². The van der Waals surface area contributed by atoms with Gasteiger partial charge >= 0.3 is 12.0 Å². The van der Waals surface area contributed by atoms with Crippen molar-refractivity contribution in [2.45, 2.75) is 26.3 Å². The molecular formula is C10H19N3O4. The van der Waals surface area contributed by atoms with E-state index in [2.05, 4.69) is 10.6 Å². The minimum atomic E-state index is -1.16. The smallest absolute Gasteiger partial charge is 0.323 e. The number of carbonyl (C=O) groups is 3. The highest BCUT2D eigenvalue weighted by Gasteiger charge is 2.34. The molecule has 0 aliphatic rings. The van der Waals surface area contributed by atoms with E-state index in [1.165, 1.54) is 25.8 Å². The second kappa shape index (κ2) is 6.19. The Labute approximate surface area is 100 Å². The van der Waals surface area contributed by atoms with Gasteiger partial charge in [0.15, 0.2) is 0 Å². The molecule has 0 aliphatic carbocycles. The van der Waals surface area contributed by atoms with Gasteiger partial charge in [-0.15, -0.1) is 0 Å². The van der Waals surface area contributed by atoms with Crippen LogP contribution in [-0.2, 0) is 9.59 Å². The lowest BCUT2D eigenvalue weighted by Crippen LogP contribution is -2.54. The number of aliphatic carboxylic acids is 1. The standard InChI is InChI=1S/C10H19N3O4/c1-5-13(10(2,3)8(15)16)6-7(14)12-9(17)11-4/h5-6H2,1-4H3,(H,15,16)(H2,11,12,14,17). The van der Waals surface area contributed by atoms with Crippen molar-refractivity contribution < 1.29 is 19.5 Å². The molecule has 0 heterocycles. The first-order chi connectivity index (χ1) is 7.75. The molecule has 0 aromatic carbocycles. The largest absolute Gasteiger partial charge is 0.480 e. The van der Waals surface area contributed by atoms with E-state index in [9.17, 15) is 14.4 Å². The highest BCUT2D eigenvalue weighted by molar-refractivity contribution is 5.95. The normalized spacial score (nSPS) is 11.1. The lowest BCUT2D eigenvalue weighted by atomic mass is 10.0. The van der Waals surface area contributed by atoms with Crippen LogP contribution in [0.25, 0.3) is 0 Å². The van der Waals surface area contributed by atoms with Gasteiger partial charge in [-0.1, -0.05) is 6.92 Å². The van der Waals surface area contributed by atoms with Gasteiger partial charge in [-0.2, -0.15) is 0 Å². The van der Waals surface area contributed by atoms with E-state index < -0.39 is 23.4 Å². The van der Waals surface area contributed by atoms with Gasteiger partial charge in [0, 0.05) is 7.05 Å². The molecule has 0 spiro atoms. The van der Waals surface area contributed by atoms with Crippen LogP contribution in [0.3, 0.4) is 0 Å². The zero-order chi connectivity index (χ0) is 13.6. The summed E-state index contributed by atoms with van der Waals surface area (Å²) in [7, 11) is 1.39. The number of nitrogens with one attached hydrogen (secondary N) is 2. The third-order valence-corrected chi connectivity index (χ3v) is 2.51. The Hall–Kier alpha value is -1.63. The quantitative estimate of drug-likeness (QED) is 0.613. The predicted molar refractivity (Wildman–Crippen MR) is 61.6 cm³/mol. The van der Waals surface area contributed by atoms with Crippen molar-refractivity contribution in [3.63, 3.8) is 0 Å². The van der Waals surface area contributed by atoms with Gasteiger partial charge in [-0.25, -0.2) is 4.79 Å². The summed E-state index contributed by atoms with van der Waals surface area (Å²) in [6.45, 7) is 5.00. The number of rotatable bonds is 5. The van der Waals surface area contributed by atoms with E-state index in [0.717, 1.165) is 0 Å². The molecule has 0 fully saturated rings. The van der Waals surface area contributed by atoms with Crippen LogP contribution in [0.2, 0.25) is 0 Å². The predicted octanol–water partition coefficient (Wildman–Crippen LogP) is -0.373. The maximum atomic E-state index is 11.4. The van der Waals surface area contributed by atoms with Gasteiger partial charge in [0.25, 0.3) is 0 Å². The highest BCUT2D eigenvalue weighted by atomic mass is 16.4. The van der Waals surface area contributed by atoms with Gasteiger partial charge in [-0.3, -0.25) is 19.8 Å². The number of carboxylic acid groups (broad SMARTS) is 1. The van der Waals surface area contributed by atoms with E-state index in [-0.39, 0.29) is 6.54 Å². The molecule has 0 radical (unpaired) electrons. The second-order valence-electron chi connectivity index (χ2n) is 4.01. The lowest BCUT2D eigenvalue weighted by molar-refractivity contribution is -0.149. The minimum absolute atomic E-state index is 0.150. The van der Waals surface area contributed by atoms with E-state index in [1.807, 2.05) is 0 Å². The third-order valence-electron chi connectivity index (χ3n) is 2.51. The molecule has 98 valence electrons. The number of nitrogens with zero attached hydrogens (tertiary/aromatic N) is 1. The van der Waals surface area contributed by atoms with E-state index in [0.29, 0.717) is 6.54 Å². The summed E-state index contributed by atoms with van der Waals surface area (Å²) >= 11 is 0. The second-order valence-corrected chi connectivity index (χ2v) is 4.01. The molecular weight excluding hydrogens is 226 g/mol. The molecule has 0 atom stereocenters. The molecule has 7 heteroatoms. The molecule has 7 nitrogen and oxygen atoms in total. The van der Waals surface area contributed by atoms with E-state index in [1.54, 1.807) is 6.92 Å². The molecule has 0 saturated carbocycles. The Morgan fingerprint density at radius 3 is 2.18 bits per heavy atom. The fourth-order valence-corrected chi connectivity index (χ4v) is 1.24. The van der Waals surface area contributed by atoms with Crippen molar-refractivity contribution in [1.82, 2.24) is 15.5 Å². The van der Waals surface area contributed by atoms with Crippen LogP contribution in [0.15, 0.2) is 0 Å². The summed E-state index contributed by atoms with van der Waals surface area (Å²) in [6.07, 6.45) is 0. The molecule has 0 aromatic heterocycles. The molecule has 17 heavy (non-hydrogen) atoms. The Morgan fingerprint density at radius 1 is 1.29 bits per heavy atom. The van der Waals surface area contributed by atoms with Gasteiger partial charge in [-0.05, 0) is 20.4 Å². The molecule has 0 unspecified atom stereocenters. The summed E-state index contributed by atoms with van der Waals surface area (Å²) in [5.41, 5.74) is -1.16. The minimum Gasteiger partial charge on any atom is -0.480 e. The molecule has 0 aliphatic heterocycles. The number of amides is 3. The Kier molecular flexibility index (Phi) is 5.60. The molecule has 3 amide bonds. The summed E-state index contributed by atoms with van der Waals surface area (Å²) in [5, 5.41) is 13.4. The van der Waals surface area contributed by atoms with Crippen molar-refractivity contribution in [3.05, 3.63) is 0 Å². The number of hydrogen-bond acceptors (Lipinski definition) is 4. The van der Waals surface area contributed by atoms with Crippen molar-refractivity contribution >= 4 is 17.9 Å². The number of hydrogen-bond donors (Lipinski definition) is 3. The van der Waals surface area contributed by atoms with Crippen LogP contribution >= 0.6 is 0 Å². The van der Waals surface area contributed by atoms with Crippen LogP contribution in [0.1, 0.15) is 20.8 Å². The molecule has 0 aromatic rings. The average Bonchev–Trinajstić information content (AvgIpc) is 2.24. The van der Waals surface area contributed by atoms with Crippen LogP contribution in [-0.4, -0.2) is 53.6 Å². The average molecular weight is 245 g/mol. The van der Waals surface area contributed by atoms with Crippen LogP contribution in [0, 0.1) is 0 Å². The fourth-order valence-electron chi connectivity index (χ4n) is 1.24. The van der Waals surface area contributed by atoms with Crippen molar-refractivity contribution in [3.8, 4) is 0 Å². The van der Waals surface area contributed by atoms with Gasteiger partial charge in [0.2, 0.25) is 5.91 Å². The summed E-state index contributed by atoms with van der Waals surface area (Å²) in [4.78, 5) is 34.8. The number of carboxylic acids is 1.